The van der Waals surface area contributed by atoms with Gasteiger partial charge in [0.2, 0.25) is 0 Å². The van der Waals surface area contributed by atoms with Crippen molar-refractivity contribution < 1.29 is 23.8 Å². The van der Waals surface area contributed by atoms with Crippen molar-refractivity contribution >= 4 is 34.8 Å². The number of aromatic nitrogens is 3. The van der Waals surface area contributed by atoms with Gasteiger partial charge in [0.05, 0.1) is 12.6 Å². The second-order valence-electron chi connectivity index (χ2n) is 13.8. The zero-order valence-electron chi connectivity index (χ0n) is 28.0. The minimum absolute atomic E-state index is 0.0405. The van der Waals surface area contributed by atoms with E-state index < -0.39 is 11.6 Å². The van der Waals surface area contributed by atoms with Gasteiger partial charge in [0, 0.05) is 34.9 Å². The number of piperidine rings is 1. The van der Waals surface area contributed by atoms with E-state index in [0.29, 0.717) is 39.8 Å². The summed E-state index contributed by atoms with van der Waals surface area (Å²) in [5.74, 6) is 0.455. The van der Waals surface area contributed by atoms with Gasteiger partial charge in [0.1, 0.15) is 22.9 Å². The van der Waals surface area contributed by atoms with Crippen LogP contribution in [0, 0.1) is 12.7 Å². The lowest BCUT2D eigenvalue weighted by molar-refractivity contribution is -0.0585. The van der Waals surface area contributed by atoms with Crippen LogP contribution in [-0.4, -0.2) is 56.3 Å². The van der Waals surface area contributed by atoms with Crippen LogP contribution in [0.2, 0.25) is 5.02 Å². The zero-order valence-corrected chi connectivity index (χ0v) is 28.8. The van der Waals surface area contributed by atoms with Gasteiger partial charge in [-0.15, -0.1) is 0 Å². The molecule has 8 nitrogen and oxygen atoms in total. The smallest absolute Gasteiger partial charge is 0.354 e. The number of halogens is 2. The Morgan fingerprint density at radius 2 is 1.86 bits per heavy atom. The number of ether oxygens (including phenoxy) is 2. The van der Waals surface area contributed by atoms with Gasteiger partial charge in [-0.1, -0.05) is 66.2 Å². The Morgan fingerprint density at radius 1 is 1.06 bits per heavy atom. The van der Waals surface area contributed by atoms with E-state index >= 15 is 4.39 Å². The Bertz CT molecular complexity index is 2150. The molecule has 2 atom stereocenters. The number of aryl methyl sites for hydroxylation is 1. The molecule has 2 fully saturated rings. The van der Waals surface area contributed by atoms with Crippen molar-refractivity contribution in [1.82, 2.24) is 19.4 Å². The molecule has 0 bridgehead atoms. The Labute approximate surface area is 295 Å². The van der Waals surface area contributed by atoms with Crippen molar-refractivity contribution in [3.05, 3.63) is 117 Å². The first kappa shape index (κ1) is 32.6. The quantitative estimate of drug-likeness (QED) is 0.175. The molecule has 50 heavy (non-hydrogen) atoms. The molecule has 3 aliphatic rings. The predicted octanol–water partition coefficient (Wildman–Crippen LogP) is 8.39. The van der Waals surface area contributed by atoms with Gasteiger partial charge < -0.3 is 19.1 Å². The highest BCUT2D eigenvalue weighted by atomic mass is 35.5. The number of carboxylic acid groups (broad SMARTS) is 1. The summed E-state index contributed by atoms with van der Waals surface area (Å²) in [6.07, 6.45) is 6.84. The highest BCUT2D eigenvalue weighted by Crippen LogP contribution is 2.44. The third kappa shape index (κ3) is 5.97. The van der Waals surface area contributed by atoms with Crippen molar-refractivity contribution in [3.8, 4) is 17.1 Å². The summed E-state index contributed by atoms with van der Waals surface area (Å²) in [7, 11) is 0. The van der Waals surface area contributed by atoms with Crippen LogP contribution >= 0.6 is 11.6 Å². The van der Waals surface area contributed by atoms with Crippen LogP contribution in [0.15, 0.2) is 72.8 Å². The SMILES string of the molecule is Cc1cc2nc(-c3ccccc3CN3CCC(c4cccc5c4O[C@@](C)(c4ccc(Cl)cc4F)C=C5)CC3)n(C[C@@H]3CCO3)c2nc1C(=O)O. The van der Waals surface area contributed by atoms with Crippen molar-refractivity contribution in [2.45, 2.75) is 63.8 Å². The highest BCUT2D eigenvalue weighted by Gasteiger charge is 2.35. The zero-order chi connectivity index (χ0) is 34.6. The van der Waals surface area contributed by atoms with E-state index in [1.54, 1.807) is 19.1 Å². The molecule has 5 heterocycles. The Hall–Kier alpha value is -4.57. The molecule has 3 aliphatic heterocycles. The number of pyridine rings is 1. The first-order valence-corrected chi connectivity index (χ1v) is 17.5. The molecule has 0 aliphatic carbocycles. The minimum Gasteiger partial charge on any atom is -0.478 e. The average Bonchev–Trinajstić information content (AvgIpc) is 3.42. The number of hydrogen-bond acceptors (Lipinski definition) is 6. The number of rotatable bonds is 8. The first-order valence-electron chi connectivity index (χ1n) is 17.2. The van der Waals surface area contributed by atoms with Gasteiger partial charge in [-0.2, -0.15) is 0 Å². The molecule has 0 amide bonds. The number of hydrogen-bond donors (Lipinski definition) is 1. The summed E-state index contributed by atoms with van der Waals surface area (Å²) in [6.45, 7) is 7.48. The number of likely N-dealkylation sites (tertiary alicyclic amines) is 1. The van der Waals surface area contributed by atoms with Crippen LogP contribution in [-0.2, 0) is 23.4 Å². The lowest BCUT2D eigenvalue weighted by Crippen LogP contribution is -2.34. The summed E-state index contributed by atoms with van der Waals surface area (Å²) in [5, 5.41) is 10.1. The highest BCUT2D eigenvalue weighted by molar-refractivity contribution is 6.30. The number of carbonyl (C=O) groups is 1. The lowest BCUT2D eigenvalue weighted by Gasteiger charge is -2.37. The molecule has 5 aromatic rings. The maximum absolute atomic E-state index is 15.0. The van der Waals surface area contributed by atoms with Crippen LogP contribution < -0.4 is 4.74 Å². The van der Waals surface area contributed by atoms with E-state index in [0.717, 1.165) is 79.3 Å². The number of imidazole rings is 1. The van der Waals surface area contributed by atoms with E-state index in [9.17, 15) is 9.90 Å². The van der Waals surface area contributed by atoms with Crippen molar-refractivity contribution in [2.75, 3.05) is 19.7 Å². The predicted molar refractivity (Wildman–Crippen MR) is 191 cm³/mol. The van der Waals surface area contributed by atoms with E-state index in [1.807, 2.05) is 41.8 Å². The maximum atomic E-state index is 15.0. The summed E-state index contributed by atoms with van der Waals surface area (Å²) in [4.78, 5) is 24.0. The largest absolute Gasteiger partial charge is 0.478 e. The molecule has 0 saturated carbocycles. The Balaban J connectivity index is 1.03. The molecule has 0 spiro atoms. The topological polar surface area (TPSA) is 89.7 Å². The fraction of sp³-hybridized carbons (Fsp3) is 0.325. The number of benzene rings is 3. The average molecular weight is 693 g/mol. The summed E-state index contributed by atoms with van der Waals surface area (Å²) in [6, 6.07) is 21.1. The standard InChI is InChI=1S/C40H38ClFN4O4/c1-24-20-34-38(44-35(24)39(47)48)46(23-29-15-19-49-29)37(43-34)31-8-4-3-6-27(31)22-45-17-13-25(14-18-45)30-9-5-7-26-12-16-40(2,50-36(26)30)32-11-10-28(41)21-33(32)42/h3-12,16,20-21,25,29H,13-15,17-19,22-23H2,1-2H3,(H,47,48)/t29-,40+/m0/s1. The second-order valence-corrected chi connectivity index (χ2v) is 14.2. The number of carboxylic acids is 1. The number of aromatic carboxylic acids is 1. The third-order valence-corrected chi connectivity index (χ3v) is 10.6. The number of nitrogens with zero attached hydrogens (tertiary/aromatic N) is 4. The van der Waals surface area contributed by atoms with Gasteiger partial charge >= 0.3 is 5.97 Å². The molecule has 3 aromatic carbocycles. The molecular weight excluding hydrogens is 655 g/mol. The molecule has 2 aromatic heterocycles. The van der Waals surface area contributed by atoms with Gasteiger partial charge in [-0.3, -0.25) is 4.90 Å². The van der Waals surface area contributed by atoms with Crippen molar-refractivity contribution in [1.29, 1.82) is 0 Å². The first-order chi connectivity index (χ1) is 24.2. The molecule has 0 unspecified atom stereocenters. The van der Waals surface area contributed by atoms with Crippen molar-refractivity contribution in [3.63, 3.8) is 0 Å². The Morgan fingerprint density at radius 3 is 2.60 bits per heavy atom. The van der Waals surface area contributed by atoms with E-state index in [1.165, 1.54) is 6.07 Å². The third-order valence-electron chi connectivity index (χ3n) is 10.4. The molecule has 0 radical (unpaired) electrons. The van der Waals surface area contributed by atoms with Crippen LogP contribution in [0.3, 0.4) is 0 Å². The fourth-order valence-corrected chi connectivity index (χ4v) is 7.73. The normalized spacial score (nSPS) is 20.8. The van der Waals surface area contributed by atoms with E-state index in [-0.39, 0.29) is 17.6 Å². The summed E-state index contributed by atoms with van der Waals surface area (Å²) >= 11 is 6.05. The Kier molecular flexibility index (Phi) is 8.45. The van der Waals surface area contributed by atoms with E-state index in [4.69, 9.17) is 26.1 Å². The van der Waals surface area contributed by atoms with Crippen LogP contribution in [0.25, 0.3) is 28.6 Å². The number of fused-ring (bicyclic) bond motifs is 2. The fourth-order valence-electron chi connectivity index (χ4n) is 7.57. The molecule has 10 heteroatoms. The van der Waals surface area contributed by atoms with Gasteiger partial charge in [-0.05, 0) is 93.1 Å². The molecule has 1 N–H and O–H groups in total. The minimum atomic E-state index is -1.05. The van der Waals surface area contributed by atoms with E-state index in [2.05, 4.69) is 40.2 Å². The maximum Gasteiger partial charge on any atom is 0.354 e. The molecule has 256 valence electrons. The van der Waals surface area contributed by atoms with Gasteiger partial charge in [0.25, 0.3) is 0 Å². The van der Waals surface area contributed by atoms with Crippen LogP contribution in [0.5, 0.6) is 5.75 Å². The summed E-state index contributed by atoms with van der Waals surface area (Å²) in [5.41, 5.74) is 5.68. The van der Waals surface area contributed by atoms with Crippen LogP contribution in [0.1, 0.15) is 70.4 Å². The van der Waals surface area contributed by atoms with Gasteiger partial charge in [0.15, 0.2) is 16.9 Å². The molecule has 8 rings (SSSR count). The van der Waals surface area contributed by atoms with Gasteiger partial charge in [-0.25, -0.2) is 19.2 Å². The molecular formula is C40H38ClFN4O4. The monoisotopic (exact) mass is 692 g/mol. The lowest BCUT2D eigenvalue weighted by atomic mass is 9.85. The summed E-state index contributed by atoms with van der Waals surface area (Å²) < 4.78 is 29.5. The van der Waals surface area contributed by atoms with Crippen LogP contribution in [0.4, 0.5) is 4.39 Å². The number of para-hydroxylation sites is 1. The second kappa shape index (κ2) is 13.0. The van der Waals surface area contributed by atoms with Crippen molar-refractivity contribution in [2.24, 2.45) is 0 Å². The molecule has 2 saturated heterocycles.